The van der Waals surface area contributed by atoms with Gasteiger partial charge in [0, 0.05) is 35.9 Å². The molecule has 1 aliphatic heterocycles. The number of hydrogen-bond donors (Lipinski definition) is 2. The van der Waals surface area contributed by atoms with E-state index in [4.69, 9.17) is 0 Å². The number of Topliss-reactive ketones (excluding diaryl/α,β-unsaturated/α-hetero) is 1. The van der Waals surface area contributed by atoms with Crippen molar-refractivity contribution in [2.24, 2.45) is 11.8 Å². The third-order valence-electron chi connectivity index (χ3n) is 5.58. The van der Waals surface area contributed by atoms with E-state index >= 15 is 0 Å². The van der Waals surface area contributed by atoms with Gasteiger partial charge >= 0.3 is 6.03 Å². The number of halogens is 1. The lowest BCUT2D eigenvalue weighted by Gasteiger charge is -2.34. The number of nitrogens with one attached hydrogen (secondary N) is 2. The summed E-state index contributed by atoms with van der Waals surface area (Å²) in [4.78, 5) is 38.3. The molecular formula is C23H26FN3O3. The van der Waals surface area contributed by atoms with Gasteiger partial charge in [-0.05, 0) is 62.1 Å². The molecule has 1 fully saturated rings. The maximum absolute atomic E-state index is 13.0. The molecule has 0 spiro atoms. The second kappa shape index (κ2) is 9.52. The molecule has 2 N–H and O–H groups in total. The quantitative estimate of drug-likeness (QED) is 0.709. The van der Waals surface area contributed by atoms with Gasteiger partial charge in [-0.25, -0.2) is 9.18 Å². The van der Waals surface area contributed by atoms with E-state index in [1.165, 1.54) is 31.2 Å². The Hall–Kier alpha value is -3.22. The van der Waals surface area contributed by atoms with Crippen LogP contribution in [0.4, 0.5) is 20.6 Å². The minimum Gasteiger partial charge on any atom is -0.326 e. The van der Waals surface area contributed by atoms with E-state index in [9.17, 15) is 18.8 Å². The lowest BCUT2D eigenvalue weighted by Crippen LogP contribution is -2.43. The SMILES string of the molecule is CC(=O)c1cccc(NC(=O)[C@@H](C)C2CCN(C(=O)Nc3ccc(F)cc3)CC2)c1. The average Bonchev–Trinajstić information content (AvgIpc) is 2.75. The average molecular weight is 411 g/mol. The zero-order valence-electron chi connectivity index (χ0n) is 17.2. The predicted molar refractivity (Wildman–Crippen MR) is 114 cm³/mol. The van der Waals surface area contributed by atoms with E-state index < -0.39 is 0 Å². The zero-order valence-corrected chi connectivity index (χ0v) is 17.2. The molecule has 0 aromatic heterocycles. The Labute approximate surface area is 175 Å². The Bertz CT molecular complexity index is 922. The second-order valence-electron chi connectivity index (χ2n) is 7.68. The normalized spacial score (nSPS) is 15.4. The van der Waals surface area contributed by atoms with Crippen molar-refractivity contribution in [2.45, 2.75) is 26.7 Å². The molecule has 0 aliphatic carbocycles. The Morgan fingerprint density at radius 3 is 2.30 bits per heavy atom. The van der Waals surface area contributed by atoms with Crippen molar-refractivity contribution in [1.29, 1.82) is 0 Å². The number of benzene rings is 2. The number of rotatable bonds is 5. The van der Waals surface area contributed by atoms with Crippen LogP contribution in [0.3, 0.4) is 0 Å². The molecular weight excluding hydrogens is 385 g/mol. The molecule has 1 aliphatic rings. The van der Waals surface area contributed by atoms with Gasteiger partial charge in [0.2, 0.25) is 5.91 Å². The first-order valence-electron chi connectivity index (χ1n) is 10.1. The van der Waals surface area contributed by atoms with Crippen LogP contribution < -0.4 is 10.6 Å². The highest BCUT2D eigenvalue weighted by atomic mass is 19.1. The van der Waals surface area contributed by atoms with Gasteiger partial charge in [-0.3, -0.25) is 9.59 Å². The van der Waals surface area contributed by atoms with Crippen LogP contribution in [0.25, 0.3) is 0 Å². The Morgan fingerprint density at radius 2 is 1.67 bits per heavy atom. The highest BCUT2D eigenvalue weighted by Gasteiger charge is 2.30. The minimum absolute atomic E-state index is 0.0505. The van der Waals surface area contributed by atoms with Crippen molar-refractivity contribution in [1.82, 2.24) is 4.90 Å². The van der Waals surface area contributed by atoms with Gasteiger partial charge in [0.15, 0.2) is 5.78 Å². The summed E-state index contributed by atoms with van der Waals surface area (Å²) in [6.45, 7) is 4.48. The molecule has 158 valence electrons. The molecule has 6 nitrogen and oxygen atoms in total. The number of likely N-dealkylation sites (tertiary alicyclic amines) is 1. The van der Waals surface area contributed by atoms with Crippen molar-refractivity contribution >= 4 is 29.1 Å². The first kappa shape index (κ1) is 21.5. The minimum atomic E-state index is -0.353. The van der Waals surface area contributed by atoms with Crippen LogP contribution >= 0.6 is 0 Å². The second-order valence-corrected chi connectivity index (χ2v) is 7.68. The number of nitrogens with zero attached hydrogens (tertiary/aromatic N) is 1. The predicted octanol–water partition coefficient (Wildman–Crippen LogP) is 4.55. The number of amides is 3. The molecule has 2 aromatic rings. The summed E-state index contributed by atoms with van der Waals surface area (Å²) in [7, 11) is 0. The molecule has 2 aromatic carbocycles. The number of urea groups is 1. The molecule has 3 rings (SSSR count). The van der Waals surface area contributed by atoms with E-state index in [1.54, 1.807) is 29.2 Å². The van der Waals surface area contributed by atoms with Crippen LogP contribution in [-0.4, -0.2) is 35.7 Å². The summed E-state index contributed by atoms with van der Waals surface area (Å²) in [5, 5.41) is 5.66. The summed E-state index contributed by atoms with van der Waals surface area (Å²) in [5.74, 6) is -0.548. The molecule has 0 unspecified atom stereocenters. The molecule has 7 heteroatoms. The number of carbonyl (C=O) groups excluding carboxylic acids is 3. The van der Waals surface area contributed by atoms with Gasteiger partial charge in [-0.2, -0.15) is 0 Å². The van der Waals surface area contributed by atoms with Crippen molar-refractivity contribution in [3.8, 4) is 0 Å². The van der Waals surface area contributed by atoms with Crippen molar-refractivity contribution in [3.63, 3.8) is 0 Å². The molecule has 0 radical (unpaired) electrons. The summed E-state index contributed by atoms with van der Waals surface area (Å²) >= 11 is 0. The highest BCUT2D eigenvalue weighted by Crippen LogP contribution is 2.27. The lowest BCUT2D eigenvalue weighted by atomic mass is 9.85. The van der Waals surface area contributed by atoms with E-state index in [0.717, 1.165) is 12.8 Å². The van der Waals surface area contributed by atoms with Crippen LogP contribution in [0.1, 0.15) is 37.0 Å². The molecule has 0 saturated carbocycles. The first-order valence-corrected chi connectivity index (χ1v) is 10.1. The standard InChI is InChI=1S/C23H26FN3O3/c1-15(22(29)25-21-5-3-4-18(14-21)16(2)28)17-10-12-27(13-11-17)23(30)26-20-8-6-19(24)7-9-20/h3-9,14-15,17H,10-13H2,1-2H3,(H,25,29)(H,26,30)/t15-/m0/s1. The molecule has 1 saturated heterocycles. The van der Waals surface area contributed by atoms with Crippen LogP contribution in [0, 0.1) is 17.7 Å². The lowest BCUT2D eigenvalue weighted by molar-refractivity contribution is -0.121. The van der Waals surface area contributed by atoms with Gasteiger partial charge in [-0.1, -0.05) is 19.1 Å². The van der Waals surface area contributed by atoms with Gasteiger partial charge in [0.05, 0.1) is 0 Å². The Kier molecular flexibility index (Phi) is 6.82. The first-order chi connectivity index (χ1) is 14.3. The van der Waals surface area contributed by atoms with Gasteiger partial charge < -0.3 is 15.5 Å². The van der Waals surface area contributed by atoms with Gasteiger partial charge in [0.25, 0.3) is 0 Å². The fraction of sp³-hybridized carbons (Fsp3) is 0.348. The third kappa shape index (κ3) is 5.43. The van der Waals surface area contributed by atoms with Crippen molar-refractivity contribution < 1.29 is 18.8 Å². The van der Waals surface area contributed by atoms with E-state index in [1.807, 2.05) is 6.92 Å². The summed E-state index contributed by atoms with van der Waals surface area (Å²) in [6.07, 6.45) is 1.44. The van der Waals surface area contributed by atoms with E-state index in [-0.39, 0.29) is 35.4 Å². The highest BCUT2D eigenvalue weighted by molar-refractivity contribution is 5.97. The number of hydrogen-bond acceptors (Lipinski definition) is 3. The van der Waals surface area contributed by atoms with Gasteiger partial charge in [-0.15, -0.1) is 0 Å². The molecule has 30 heavy (non-hydrogen) atoms. The van der Waals surface area contributed by atoms with Crippen LogP contribution in [0.15, 0.2) is 48.5 Å². The van der Waals surface area contributed by atoms with Crippen LogP contribution in [0.5, 0.6) is 0 Å². The van der Waals surface area contributed by atoms with E-state index in [2.05, 4.69) is 10.6 Å². The number of ketones is 1. The molecule has 3 amide bonds. The third-order valence-corrected chi connectivity index (χ3v) is 5.58. The molecule has 1 atom stereocenters. The fourth-order valence-electron chi connectivity index (χ4n) is 3.62. The Balaban J connectivity index is 1.50. The van der Waals surface area contributed by atoms with Crippen molar-refractivity contribution in [3.05, 3.63) is 59.9 Å². The van der Waals surface area contributed by atoms with Crippen molar-refractivity contribution in [2.75, 3.05) is 23.7 Å². The number of carbonyl (C=O) groups is 3. The number of anilines is 2. The van der Waals surface area contributed by atoms with Gasteiger partial charge in [0.1, 0.15) is 5.82 Å². The molecule has 1 heterocycles. The van der Waals surface area contributed by atoms with Crippen LogP contribution in [0.2, 0.25) is 0 Å². The summed E-state index contributed by atoms with van der Waals surface area (Å²) in [6, 6.07) is 12.3. The fourth-order valence-corrected chi connectivity index (χ4v) is 3.62. The maximum atomic E-state index is 13.0. The zero-order chi connectivity index (χ0) is 21.7. The maximum Gasteiger partial charge on any atom is 0.321 e. The largest absolute Gasteiger partial charge is 0.326 e. The van der Waals surface area contributed by atoms with E-state index in [0.29, 0.717) is 30.0 Å². The monoisotopic (exact) mass is 411 g/mol. The Morgan fingerprint density at radius 1 is 1.00 bits per heavy atom. The molecule has 0 bridgehead atoms. The smallest absolute Gasteiger partial charge is 0.321 e. The summed E-state index contributed by atoms with van der Waals surface area (Å²) in [5.41, 5.74) is 1.71. The summed E-state index contributed by atoms with van der Waals surface area (Å²) < 4.78 is 13.0. The van der Waals surface area contributed by atoms with Crippen LogP contribution in [-0.2, 0) is 4.79 Å². The topological polar surface area (TPSA) is 78.5 Å². The number of piperidine rings is 1.